The smallest absolute Gasteiger partial charge is 0.223 e. The number of imidazole rings is 1. The maximum atomic E-state index is 13.1. The Balaban J connectivity index is 2.12. The lowest BCUT2D eigenvalue weighted by Crippen LogP contribution is -2.26. The van der Waals surface area contributed by atoms with E-state index < -0.39 is 17.5 Å². The van der Waals surface area contributed by atoms with E-state index in [2.05, 4.69) is 9.97 Å². The highest BCUT2D eigenvalue weighted by atomic mass is 16.2. The number of para-hydroxylation sites is 1. The molecule has 0 aliphatic rings. The number of pyridine rings is 1. The lowest BCUT2D eigenvalue weighted by Gasteiger charge is -2.15. The first-order valence-electron chi connectivity index (χ1n) is 7.96. The van der Waals surface area contributed by atoms with Crippen LogP contribution in [-0.4, -0.2) is 40.2 Å². The van der Waals surface area contributed by atoms with Gasteiger partial charge in [0.25, 0.3) is 0 Å². The molecule has 0 saturated carbocycles. The average molecular weight is 347 g/mol. The van der Waals surface area contributed by atoms with Crippen molar-refractivity contribution in [2.45, 2.75) is 0 Å². The first kappa shape index (κ1) is 17.3. The van der Waals surface area contributed by atoms with Gasteiger partial charge in [-0.1, -0.05) is 18.2 Å². The lowest BCUT2D eigenvalue weighted by molar-refractivity contribution is 0.0839. The van der Waals surface area contributed by atoms with Gasteiger partial charge in [-0.05, 0) is 12.1 Å². The number of aromatic nitrogens is 3. The van der Waals surface area contributed by atoms with E-state index in [1.165, 1.54) is 10.8 Å². The first-order chi connectivity index (χ1) is 12.4. The maximum absolute atomic E-state index is 13.1. The third kappa shape index (κ3) is 2.93. The van der Waals surface area contributed by atoms with Gasteiger partial charge in [0, 0.05) is 44.5 Å². The van der Waals surface area contributed by atoms with Crippen LogP contribution in [0.3, 0.4) is 0 Å². The molecular weight excluding hydrogens is 330 g/mol. The molecule has 2 heterocycles. The number of benzene rings is 1. The largest absolute Gasteiger partial charge is 0.363 e. The zero-order valence-electron chi connectivity index (χ0n) is 14.7. The van der Waals surface area contributed by atoms with Crippen molar-refractivity contribution in [2.75, 3.05) is 19.0 Å². The Kier molecular flexibility index (Phi) is 4.50. The van der Waals surface area contributed by atoms with Gasteiger partial charge in [-0.2, -0.15) is 5.26 Å². The summed E-state index contributed by atoms with van der Waals surface area (Å²) in [7, 11) is 5.27. The lowest BCUT2D eigenvalue weighted by atomic mass is 9.92. The molecule has 0 saturated heterocycles. The Morgan fingerprint density at radius 2 is 1.96 bits per heavy atom. The molecule has 0 unspecified atom stereocenters. The van der Waals surface area contributed by atoms with Crippen LogP contribution in [0.25, 0.3) is 10.9 Å². The van der Waals surface area contributed by atoms with Crippen molar-refractivity contribution < 1.29 is 9.59 Å². The van der Waals surface area contributed by atoms with Gasteiger partial charge in [-0.25, -0.2) is 9.97 Å². The molecule has 3 aromatic rings. The van der Waals surface area contributed by atoms with Crippen LogP contribution in [0.2, 0.25) is 0 Å². The molecule has 2 aromatic heterocycles. The van der Waals surface area contributed by atoms with Crippen molar-refractivity contribution in [1.29, 1.82) is 5.26 Å². The van der Waals surface area contributed by atoms with Gasteiger partial charge in [-0.15, -0.1) is 0 Å². The molecule has 0 fully saturated rings. The van der Waals surface area contributed by atoms with Crippen LogP contribution in [0, 0.1) is 17.2 Å². The van der Waals surface area contributed by atoms with Crippen LogP contribution in [0.15, 0.2) is 42.7 Å². The maximum Gasteiger partial charge on any atom is 0.223 e. The molecule has 1 aromatic carbocycles. The van der Waals surface area contributed by atoms with Crippen LogP contribution in [0.1, 0.15) is 21.0 Å². The number of carbonyl (C=O) groups excluding carboxylic acids is 2. The molecule has 0 amide bonds. The van der Waals surface area contributed by atoms with Gasteiger partial charge in [-0.3, -0.25) is 9.59 Å². The molecule has 7 heteroatoms. The van der Waals surface area contributed by atoms with E-state index in [-0.39, 0.29) is 5.82 Å². The Labute approximate surface area is 150 Å². The summed E-state index contributed by atoms with van der Waals surface area (Å²) < 4.78 is 1.50. The highest BCUT2D eigenvalue weighted by Gasteiger charge is 2.32. The fourth-order valence-electron chi connectivity index (χ4n) is 2.72. The minimum Gasteiger partial charge on any atom is -0.363 e. The highest BCUT2D eigenvalue weighted by molar-refractivity contribution is 6.20. The normalized spacial score (nSPS) is 11.8. The quantitative estimate of drug-likeness (QED) is 0.519. The average Bonchev–Trinajstić information content (AvgIpc) is 3.07. The predicted molar refractivity (Wildman–Crippen MR) is 97.0 cm³/mol. The standard InChI is InChI=1S/C19H17N5O2/c1-23(2)16-10-13(12-6-4-5-7-15(12)22-16)17(25)14(11-20)18(26)19-21-8-9-24(19)3/h4-10,14H,1-3H3/t14-/m0/s1. The fourth-order valence-corrected chi connectivity index (χ4v) is 2.72. The fraction of sp³-hybridized carbons (Fsp3) is 0.211. The van der Waals surface area contributed by atoms with E-state index in [0.717, 1.165) is 0 Å². The highest BCUT2D eigenvalue weighted by Crippen LogP contribution is 2.25. The number of nitrogens with zero attached hydrogens (tertiary/aromatic N) is 5. The molecule has 1 atom stereocenters. The van der Waals surface area contributed by atoms with E-state index in [4.69, 9.17) is 0 Å². The second kappa shape index (κ2) is 6.76. The Morgan fingerprint density at radius 3 is 2.58 bits per heavy atom. The van der Waals surface area contributed by atoms with E-state index in [9.17, 15) is 14.9 Å². The van der Waals surface area contributed by atoms with Crippen LogP contribution >= 0.6 is 0 Å². The van der Waals surface area contributed by atoms with Crippen LogP contribution in [0.5, 0.6) is 0 Å². The molecule has 26 heavy (non-hydrogen) atoms. The monoisotopic (exact) mass is 347 g/mol. The van der Waals surface area contributed by atoms with Gasteiger partial charge in [0.15, 0.2) is 17.5 Å². The minimum atomic E-state index is -1.46. The van der Waals surface area contributed by atoms with E-state index in [1.807, 2.05) is 26.2 Å². The first-order valence-corrected chi connectivity index (χ1v) is 7.96. The van der Waals surface area contributed by atoms with Crippen molar-refractivity contribution in [3.8, 4) is 6.07 Å². The van der Waals surface area contributed by atoms with Gasteiger partial charge in [0.05, 0.1) is 11.6 Å². The van der Waals surface area contributed by atoms with Crippen molar-refractivity contribution in [2.24, 2.45) is 13.0 Å². The summed E-state index contributed by atoms with van der Waals surface area (Å²) in [6.07, 6.45) is 3.05. The third-order valence-electron chi connectivity index (χ3n) is 4.12. The summed E-state index contributed by atoms with van der Waals surface area (Å²) in [5, 5.41) is 10.1. The van der Waals surface area contributed by atoms with Crippen LogP contribution in [-0.2, 0) is 7.05 Å². The van der Waals surface area contributed by atoms with Crippen molar-refractivity contribution in [3.05, 3.63) is 54.1 Å². The zero-order chi connectivity index (χ0) is 18.8. The van der Waals surface area contributed by atoms with Crippen LogP contribution in [0.4, 0.5) is 5.82 Å². The molecule has 0 spiro atoms. The molecule has 0 bridgehead atoms. The SMILES string of the molecule is CN(C)c1cc(C(=O)[C@H](C#N)C(=O)c2nccn2C)c2ccccc2n1. The number of Topliss-reactive ketones (excluding diaryl/α,β-unsaturated/α-hetero) is 2. The number of anilines is 1. The topological polar surface area (TPSA) is 91.9 Å². The molecule has 130 valence electrons. The van der Waals surface area contributed by atoms with Gasteiger partial charge < -0.3 is 9.47 Å². The summed E-state index contributed by atoms with van der Waals surface area (Å²) in [6, 6.07) is 10.6. The number of carbonyl (C=O) groups is 2. The van der Waals surface area contributed by atoms with Crippen molar-refractivity contribution in [1.82, 2.24) is 14.5 Å². The number of nitriles is 1. The van der Waals surface area contributed by atoms with Gasteiger partial charge >= 0.3 is 0 Å². The number of fused-ring (bicyclic) bond motifs is 1. The number of rotatable bonds is 5. The molecule has 0 N–H and O–H groups in total. The zero-order valence-corrected chi connectivity index (χ0v) is 14.7. The van der Waals surface area contributed by atoms with Gasteiger partial charge in [0.1, 0.15) is 5.82 Å². The second-order valence-corrected chi connectivity index (χ2v) is 6.09. The summed E-state index contributed by atoms with van der Waals surface area (Å²) >= 11 is 0. The molecule has 3 rings (SSSR count). The Morgan fingerprint density at radius 1 is 1.23 bits per heavy atom. The predicted octanol–water partition coefficient (Wildman–Crippen LogP) is 2.24. The Hall–Kier alpha value is -3.53. The summed E-state index contributed by atoms with van der Waals surface area (Å²) in [5.74, 6) is -1.97. The molecule has 0 aliphatic carbocycles. The van der Waals surface area contributed by atoms with Gasteiger partial charge in [0.2, 0.25) is 5.78 Å². The van der Waals surface area contributed by atoms with Crippen molar-refractivity contribution >= 4 is 28.3 Å². The number of hydrogen-bond acceptors (Lipinski definition) is 6. The Bertz CT molecular complexity index is 1050. The molecule has 0 aliphatic heterocycles. The van der Waals surface area contributed by atoms with E-state index >= 15 is 0 Å². The number of aryl methyl sites for hydroxylation is 1. The molecular formula is C19H17N5O2. The van der Waals surface area contributed by atoms with E-state index in [1.54, 1.807) is 42.4 Å². The van der Waals surface area contributed by atoms with Crippen LogP contribution < -0.4 is 4.90 Å². The third-order valence-corrected chi connectivity index (χ3v) is 4.12. The van der Waals surface area contributed by atoms with Crippen molar-refractivity contribution in [3.63, 3.8) is 0 Å². The minimum absolute atomic E-state index is 0.0797. The van der Waals surface area contributed by atoms with E-state index in [0.29, 0.717) is 22.3 Å². The summed E-state index contributed by atoms with van der Waals surface area (Å²) in [4.78, 5) is 36.0. The number of ketones is 2. The summed E-state index contributed by atoms with van der Waals surface area (Å²) in [5.41, 5.74) is 0.927. The number of hydrogen-bond donors (Lipinski definition) is 0. The summed E-state index contributed by atoms with van der Waals surface area (Å²) in [6.45, 7) is 0. The molecule has 7 nitrogen and oxygen atoms in total. The molecule has 0 radical (unpaired) electrons. The second-order valence-electron chi connectivity index (χ2n) is 6.09.